The molecule has 1 saturated heterocycles. The molecule has 0 aromatic heterocycles. The van der Waals surface area contributed by atoms with E-state index in [1.807, 2.05) is 14.1 Å². The smallest absolute Gasteiger partial charge is 0.134 e. The molecule has 0 radical (unpaired) electrons. The van der Waals surface area contributed by atoms with E-state index in [-0.39, 0.29) is 6.23 Å². The fraction of sp³-hybridized carbons (Fsp3) is 1.00. The van der Waals surface area contributed by atoms with E-state index in [4.69, 9.17) is 10.5 Å². The van der Waals surface area contributed by atoms with Crippen LogP contribution in [0.2, 0.25) is 0 Å². The molecule has 3 nitrogen and oxygen atoms in total. The minimum absolute atomic E-state index is 0.0115. The summed E-state index contributed by atoms with van der Waals surface area (Å²) in [5.41, 5.74) is 5.37. The predicted molar refractivity (Wildman–Crippen MR) is 31.4 cm³/mol. The van der Waals surface area contributed by atoms with Crippen molar-refractivity contribution >= 4 is 0 Å². The van der Waals surface area contributed by atoms with E-state index in [0.29, 0.717) is 6.10 Å². The third kappa shape index (κ3) is 1.43. The van der Waals surface area contributed by atoms with Crippen molar-refractivity contribution in [3.8, 4) is 0 Å². The fourth-order valence-corrected chi connectivity index (χ4v) is 0.663. The van der Waals surface area contributed by atoms with Crippen molar-refractivity contribution in [2.75, 3.05) is 20.6 Å². The minimum atomic E-state index is 0.0115. The van der Waals surface area contributed by atoms with Crippen molar-refractivity contribution in [1.29, 1.82) is 0 Å². The number of nitrogens with two attached hydrogens (primary N) is 1. The molecule has 0 amide bonds. The first kappa shape index (κ1) is 6.01. The van der Waals surface area contributed by atoms with Crippen molar-refractivity contribution < 1.29 is 4.74 Å². The summed E-state index contributed by atoms with van der Waals surface area (Å²) < 4.78 is 4.96. The SMILES string of the molecule is CN(C)CC1OC1N. The van der Waals surface area contributed by atoms with Crippen LogP contribution in [-0.2, 0) is 4.74 Å². The van der Waals surface area contributed by atoms with Gasteiger partial charge < -0.3 is 15.4 Å². The second-order valence-electron chi connectivity index (χ2n) is 2.40. The average Bonchev–Trinajstić information content (AvgIpc) is 2.17. The lowest BCUT2D eigenvalue weighted by atomic mass is 10.4. The molecule has 1 aliphatic heterocycles. The van der Waals surface area contributed by atoms with E-state index in [9.17, 15) is 0 Å². The van der Waals surface area contributed by atoms with Crippen molar-refractivity contribution in [2.45, 2.75) is 12.3 Å². The lowest BCUT2D eigenvalue weighted by Gasteiger charge is -2.04. The molecule has 2 N–H and O–H groups in total. The quantitative estimate of drug-likeness (QED) is 0.482. The van der Waals surface area contributed by atoms with Crippen molar-refractivity contribution in [2.24, 2.45) is 5.73 Å². The van der Waals surface area contributed by atoms with Gasteiger partial charge in [0.15, 0.2) is 0 Å². The molecule has 0 aromatic carbocycles. The lowest BCUT2D eigenvalue weighted by Crippen LogP contribution is -2.21. The highest BCUT2D eigenvalue weighted by Gasteiger charge is 2.34. The monoisotopic (exact) mass is 116 g/mol. The maximum absolute atomic E-state index is 5.37. The zero-order valence-electron chi connectivity index (χ0n) is 5.29. The lowest BCUT2D eigenvalue weighted by molar-refractivity contribution is 0.314. The largest absolute Gasteiger partial charge is 0.352 e. The zero-order valence-corrected chi connectivity index (χ0v) is 5.29. The van der Waals surface area contributed by atoms with Crippen LogP contribution < -0.4 is 5.73 Å². The van der Waals surface area contributed by atoms with Crippen LogP contribution in [0.4, 0.5) is 0 Å². The molecule has 0 saturated carbocycles. The van der Waals surface area contributed by atoms with E-state index in [1.165, 1.54) is 0 Å². The number of nitrogens with zero attached hydrogens (tertiary/aromatic N) is 1. The van der Waals surface area contributed by atoms with Gasteiger partial charge in [0.25, 0.3) is 0 Å². The van der Waals surface area contributed by atoms with Crippen LogP contribution in [0, 0.1) is 0 Å². The Morgan fingerprint density at radius 1 is 1.62 bits per heavy atom. The summed E-state index contributed by atoms with van der Waals surface area (Å²) in [7, 11) is 4.02. The number of likely N-dealkylation sites (N-methyl/N-ethyl adjacent to an activating group) is 1. The Morgan fingerprint density at radius 3 is 2.25 bits per heavy atom. The summed E-state index contributed by atoms with van der Waals surface area (Å²) in [6, 6.07) is 0. The Hall–Kier alpha value is -0.120. The summed E-state index contributed by atoms with van der Waals surface area (Å²) in [5, 5.41) is 0. The molecule has 8 heavy (non-hydrogen) atoms. The van der Waals surface area contributed by atoms with Gasteiger partial charge in [0.05, 0.1) is 0 Å². The fourth-order valence-electron chi connectivity index (χ4n) is 0.663. The number of epoxide rings is 1. The van der Waals surface area contributed by atoms with Crippen LogP contribution in [0.5, 0.6) is 0 Å². The Morgan fingerprint density at radius 2 is 2.12 bits per heavy atom. The van der Waals surface area contributed by atoms with Crippen LogP contribution in [0.15, 0.2) is 0 Å². The number of rotatable bonds is 2. The zero-order chi connectivity index (χ0) is 6.15. The van der Waals surface area contributed by atoms with Gasteiger partial charge in [-0.05, 0) is 14.1 Å². The van der Waals surface area contributed by atoms with Crippen LogP contribution in [-0.4, -0.2) is 37.9 Å². The summed E-state index contributed by atoms with van der Waals surface area (Å²) in [5.74, 6) is 0. The summed E-state index contributed by atoms with van der Waals surface area (Å²) in [6.45, 7) is 0.946. The van der Waals surface area contributed by atoms with Gasteiger partial charge in [-0.1, -0.05) is 0 Å². The van der Waals surface area contributed by atoms with Gasteiger partial charge in [0.1, 0.15) is 12.3 Å². The van der Waals surface area contributed by atoms with Crippen LogP contribution >= 0.6 is 0 Å². The first-order valence-corrected chi connectivity index (χ1v) is 2.76. The molecule has 0 spiro atoms. The van der Waals surface area contributed by atoms with E-state index in [0.717, 1.165) is 6.54 Å². The highest BCUT2D eigenvalue weighted by Crippen LogP contribution is 2.15. The summed E-state index contributed by atoms with van der Waals surface area (Å²) >= 11 is 0. The summed E-state index contributed by atoms with van der Waals surface area (Å²) in [4.78, 5) is 2.07. The van der Waals surface area contributed by atoms with E-state index < -0.39 is 0 Å². The second kappa shape index (κ2) is 2.01. The Kier molecular flexibility index (Phi) is 1.51. The first-order valence-electron chi connectivity index (χ1n) is 2.76. The molecule has 0 aromatic rings. The van der Waals surface area contributed by atoms with Crippen LogP contribution in [0.1, 0.15) is 0 Å². The normalized spacial score (nSPS) is 36.0. The van der Waals surface area contributed by atoms with Gasteiger partial charge in [-0.15, -0.1) is 0 Å². The van der Waals surface area contributed by atoms with Crippen molar-refractivity contribution in [1.82, 2.24) is 4.90 Å². The Bertz CT molecular complexity index is 84.5. The van der Waals surface area contributed by atoms with Crippen LogP contribution in [0.25, 0.3) is 0 Å². The number of ether oxygens (including phenoxy) is 1. The Balaban J connectivity index is 2.05. The molecule has 0 bridgehead atoms. The van der Waals surface area contributed by atoms with Gasteiger partial charge in [0.2, 0.25) is 0 Å². The predicted octanol–water partition coefficient (Wildman–Crippen LogP) is -0.768. The highest BCUT2D eigenvalue weighted by molar-refractivity contribution is 4.80. The minimum Gasteiger partial charge on any atom is -0.352 e. The standard InChI is InChI=1S/C5H12N2O/c1-7(2)3-4-5(6)8-4/h4-5H,3,6H2,1-2H3. The van der Waals surface area contributed by atoms with Crippen LogP contribution in [0.3, 0.4) is 0 Å². The van der Waals surface area contributed by atoms with Crippen molar-refractivity contribution in [3.63, 3.8) is 0 Å². The molecule has 48 valence electrons. The highest BCUT2D eigenvalue weighted by atomic mass is 16.6. The molecule has 1 fully saturated rings. The van der Waals surface area contributed by atoms with E-state index in [1.54, 1.807) is 0 Å². The third-order valence-electron chi connectivity index (χ3n) is 1.17. The van der Waals surface area contributed by atoms with E-state index >= 15 is 0 Å². The maximum atomic E-state index is 5.37. The third-order valence-corrected chi connectivity index (χ3v) is 1.17. The van der Waals surface area contributed by atoms with Gasteiger partial charge in [0, 0.05) is 6.54 Å². The number of hydrogen-bond acceptors (Lipinski definition) is 3. The molecule has 1 heterocycles. The molecular weight excluding hydrogens is 104 g/mol. The van der Waals surface area contributed by atoms with Crippen molar-refractivity contribution in [3.05, 3.63) is 0 Å². The molecule has 3 heteroatoms. The second-order valence-corrected chi connectivity index (χ2v) is 2.40. The molecule has 1 rings (SSSR count). The topological polar surface area (TPSA) is 41.8 Å². The van der Waals surface area contributed by atoms with Gasteiger partial charge in [-0.2, -0.15) is 0 Å². The van der Waals surface area contributed by atoms with Gasteiger partial charge in [-0.3, -0.25) is 0 Å². The molecule has 1 aliphatic rings. The average molecular weight is 116 g/mol. The van der Waals surface area contributed by atoms with Gasteiger partial charge >= 0.3 is 0 Å². The molecular formula is C5H12N2O. The van der Waals surface area contributed by atoms with E-state index in [2.05, 4.69) is 4.90 Å². The number of hydrogen-bond donors (Lipinski definition) is 1. The molecule has 2 unspecified atom stereocenters. The summed E-state index contributed by atoms with van der Waals surface area (Å²) in [6.07, 6.45) is 0.308. The first-order chi connectivity index (χ1) is 3.70. The molecule has 2 atom stereocenters. The maximum Gasteiger partial charge on any atom is 0.134 e. The van der Waals surface area contributed by atoms with Gasteiger partial charge in [-0.25, -0.2) is 0 Å². The Labute approximate surface area is 49.4 Å². The molecule has 0 aliphatic carbocycles.